The minimum absolute atomic E-state index is 0.116. The van der Waals surface area contributed by atoms with Gasteiger partial charge in [0, 0.05) is 31.7 Å². The second kappa shape index (κ2) is 7.76. The molecule has 164 valence electrons. The van der Waals surface area contributed by atoms with Crippen molar-refractivity contribution < 1.29 is 23.8 Å². The molecule has 1 aromatic rings. The smallest absolute Gasteiger partial charge is 0.341 e. The van der Waals surface area contributed by atoms with E-state index in [0.717, 1.165) is 48.8 Å². The van der Waals surface area contributed by atoms with Crippen LogP contribution >= 0.6 is 11.6 Å². The number of nitrogens with zero attached hydrogens (tertiary/aromatic N) is 1. The van der Waals surface area contributed by atoms with E-state index in [-0.39, 0.29) is 29.0 Å². The number of carbonyl (C=O) groups is 2. The van der Waals surface area contributed by atoms with E-state index in [1.807, 2.05) is 12.1 Å². The van der Waals surface area contributed by atoms with Crippen molar-refractivity contribution in [3.8, 4) is 5.75 Å². The van der Waals surface area contributed by atoms with Crippen molar-refractivity contribution in [2.24, 2.45) is 0 Å². The van der Waals surface area contributed by atoms with Gasteiger partial charge < -0.3 is 14.2 Å². The molecule has 1 aromatic carbocycles. The van der Waals surface area contributed by atoms with E-state index >= 15 is 0 Å². The molecule has 2 atom stereocenters. The number of carbonyl (C=O) groups excluding carboxylic acids is 2. The first-order chi connectivity index (χ1) is 15.0. The normalized spacial score (nSPS) is 25.3. The van der Waals surface area contributed by atoms with Gasteiger partial charge in [0.05, 0.1) is 24.8 Å². The third-order valence-electron chi connectivity index (χ3n) is 7.02. The van der Waals surface area contributed by atoms with Crippen LogP contribution in [0.1, 0.15) is 49.3 Å². The molecule has 1 saturated carbocycles. The topological polar surface area (TPSA) is 65.1 Å². The number of benzene rings is 1. The molecule has 7 heteroatoms. The van der Waals surface area contributed by atoms with Crippen LogP contribution in [0.2, 0.25) is 5.02 Å². The maximum absolute atomic E-state index is 12.7. The molecule has 2 aliphatic carbocycles. The van der Waals surface area contributed by atoms with Gasteiger partial charge in [-0.1, -0.05) is 11.6 Å². The summed E-state index contributed by atoms with van der Waals surface area (Å²) in [6.45, 7) is 1.16. The highest BCUT2D eigenvalue weighted by Gasteiger charge is 2.59. The minimum atomic E-state index is -0.579. The van der Waals surface area contributed by atoms with E-state index in [1.165, 1.54) is 7.11 Å². The third-order valence-corrected chi connectivity index (χ3v) is 7.31. The predicted octanol–water partition coefficient (Wildman–Crippen LogP) is 3.87. The Labute approximate surface area is 186 Å². The second-order valence-corrected chi connectivity index (χ2v) is 9.14. The highest BCUT2D eigenvalue weighted by Crippen LogP contribution is 2.62. The fourth-order valence-corrected chi connectivity index (χ4v) is 5.64. The molecule has 0 aromatic heterocycles. The maximum atomic E-state index is 12.7. The van der Waals surface area contributed by atoms with Crippen LogP contribution in [0.3, 0.4) is 0 Å². The van der Waals surface area contributed by atoms with Crippen LogP contribution in [0.25, 0.3) is 5.57 Å². The summed E-state index contributed by atoms with van der Waals surface area (Å²) in [5.74, 6) is -0.229. The van der Waals surface area contributed by atoms with E-state index in [1.54, 1.807) is 19.3 Å². The Bertz CT molecular complexity index is 1010. The number of hydrogen-bond donors (Lipinski definition) is 0. The zero-order valence-corrected chi connectivity index (χ0v) is 18.5. The Morgan fingerprint density at radius 3 is 2.74 bits per heavy atom. The quantitative estimate of drug-likeness (QED) is 0.378. The number of methoxy groups -OCH3 is 2. The van der Waals surface area contributed by atoms with Gasteiger partial charge in [0.25, 0.3) is 0 Å². The summed E-state index contributed by atoms with van der Waals surface area (Å²) in [6.07, 6.45) is 8.62. The van der Waals surface area contributed by atoms with Crippen molar-refractivity contribution in [1.82, 2.24) is 4.90 Å². The standard InChI is InChI=1S/C24H26ClNO5/c1-29-8-3-9-31-22-13-16-14(10-18(22)25)15-12-21(27)17(23(28)30-2)11-20(15)26-19(16)4-5-24(26)6-7-24/h10-13,19-20H,3-9H2,1-2H3. The average molecular weight is 444 g/mol. The number of halogens is 1. The number of allylic oxidation sites excluding steroid dienone is 1. The molecule has 0 amide bonds. The van der Waals surface area contributed by atoms with Gasteiger partial charge in [-0.2, -0.15) is 0 Å². The highest BCUT2D eigenvalue weighted by atomic mass is 35.5. The van der Waals surface area contributed by atoms with Gasteiger partial charge in [-0.25, -0.2) is 4.79 Å². The first kappa shape index (κ1) is 20.7. The molecule has 0 radical (unpaired) electrons. The highest BCUT2D eigenvalue weighted by molar-refractivity contribution is 6.32. The van der Waals surface area contributed by atoms with Gasteiger partial charge in [-0.05, 0) is 66.7 Å². The van der Waals surface area contributed by atoms with E-state index < -0.39 is 5.97 Å². The Morgan fingerprint density at radius 1 is 1.23 bits per heavy atom. The molecule has 0 bridgehead atoms. The molecule has 4 aliphatic rings. The first-order valence-corrected chi connectivity index (χ1v) is 11.2. The lowest BCUT2D eigenvalue weighted by Gasteiger charge is -2.44. The summed E-state index contributed by atoms with van der Waals surface area (Å²) < 4.78 is 15.9. The number of esters is 1. The van der Waals surface area contributed by atoms with Crippen molar-refractivity contribution in [1.29, 1.82) is 0 Å². The number of ether oxygens (including phenoxy) is 3. The summed E-state index contributed by atoms with van der Waals surface area (Å²) in [5.41, 5.74) is 3.31. The SMILES string of the molecule is COCCCOc1cc2c(cc1Cl)C1=CC(=O)C(C(=O)OC)=CC1N1C2CCC12CC2. The molecule has 6 nitrogen and oxygen atoms in total. The van der Waals surface area contributed by atoms with Crippen LogP contribution in [0.15, 0.2) is 29.9 Å². The van der Waals surface area contributed by atoms with Gasteiger partial charge in [0.1, 0.15) is 11.3 Å². The number of ketones is 1. The largest absolute Gasteiger partial charge is 0.492 e. The average Bonchev–Trinajstić information content (AvgIpc) is 3.45. The molecule has 2 unspecified atom stereocenters. The van der Waals surface area contributed by atoms with Gasteiger partial charge in [-0.15, -0.1) is 0 Å². The zero-order chi connectivity index (χ0) is 21.8. The van der Waals surface area contributed by atoms with Gasteiger partial charge in [0.2, 0.25) is 0 Å². The van der Waals surface area contributed by atoms with Crippen molar-refractivity contribution >= 4 is 28.9 Å². The summed E-state index contributed by atoms with van der Waals surface area (Å²) in [6, 6.07) is 4.05. The summed E-state index contributed by atoms with van der Waals surface area (Å²) in [7, 11) is 2.98. The van der Waals surface area contributed by atoms with Crippen LogP contribution in [-0.2, 0) is 19.1 Å². The Kier molecular flexibility index (Phi) is 5.19. The lowest BCUT2D eigenvalue weighted by Crippen LogP contribution is -2.46. The Hall–Kier alpha value is -2.15. The van der Waals surface area contributed by atoms with Crippen LogP contribution in [0, 0.1) is 0 Å². The molecule has 5 rings (SSSR count). The first-order valence-electron chi connectivity index (χ1n) is 10.8. The van der Waals surface area contributed by atoms with Gasteiger partial charge >= 0.3 is 5.97 Å². The summed E-state index contributed by atoms with van der Waals surface area (Å²) >= 11 is 6.58. The third kappa shape index (κ3) is 3.32. The van der Waals surface area contributed by atoms with Crippen LogP contribution in [-0.4, -0.2) is 55.7 Å². The number of hydrogen-bond acceptors (Lipinski definition) is 6. The predicted molar refractivity (Wildman–Crippen MR) is 116 cm³/mol. The molecule has 1 saturated heterocycles. The fraction of sp³-hybridized carbons (Fsp3) is 0.500. The van der Waals surface area contributed by atoms with E-state index in [2.05, 4.69) is 4.90 Å². The summed E-state index contributed by atoms with van der Waals surface area (Å²) in [5, 5.41) is 0.526. The molecule has 31 heavy (non-hydrogen) atoms. The monoisotopic (exact) mass is 443 g/mol. The molecule has 2 heterocycles. The van der Waals surface area contributed by atoms with Crippen molar-refractivity contribution in [2.75, 3.05) is 27.4 Å². The van der Waals surface area contributed by atoms with Crippen LogP contribution in [0.5, 0.6) is 5.75 Å². The number of rotatable bonds is 6. The molecule has 0 N–H and O–H groups in total. The summed E-state index contributed by atoms with van der Waals surface area (Å²) in [4.78, 5) is 27.5. The lowest BCUT2D eigenvalue weighted by atomic mass is 9.80. The zero-order valence-electron chi connectivity index (χ0n) is 17.8. The minimum Gasteiger partial charge on any atom is -0.492 e. The molecule has 2 aliphatic heterocycles. The van der Waals surface area contributed by atoms with E-state index in [0.29, 0.717) is 24.0 Å². The fourth-order valence-electron chi connectivity index (χ4n) is 5.42. The van der Waals surface area contributed by atoms with E-state index in [9.17, 15) is 9.59 Å². The molecule has 2 fully saturated rings. The van der Waals surface area contributed by atoms with Gasteiger partial charge in [0.15, 0.2) is 5.78 Å². The van der Waals surface area contributed by atoms with Crippen LogP contribution < -0.4 is 4.74 Å². The van der Waals surface area contributed by atoms with Crippen molar-refractivity contribution in [3.63, 3.8) is 0 Å². The molecular formula is C24H26ClNO5. The van der Waals surface area contributed by atoms with Crippen LogP contribution in [0.4, 0.5) is 0 Å². The van der Waals surface area contributed by atoms with Crippen molar-refractivity contribution in [2.45, 2.75) is 49.7 Å². The number of fused-ring (bicyclic) bond motifs is 7. The maximum Gasteiger partial charge on any atom is 0.341 e. The van der Waals surface area contributed by atoms with E-state index in [4.69, 9.17) is 25.8 Å². The Balaban J connectivity index is 1.57. The lowest BCUT2D eigenvalue weighted by molar-refractivity contribution is -0.137. The second-order valence-electron chi connectivity index (χ2n) is 8.73. The molecular weight excluding hydrogens is 418 g/mol. The van der Waals surface area contributed by atoms with Gasteiger partial charge in [-0.3, -0.25) is 9.69 Å². The Morgan fingerprint density at radius 2 is 2.03 bits per heavy atom. The molecule has 1 spiro atoms. The van der Waals surface area contributed by atoms with Crippen molar-refractivity contribution in [3.05, 3.63) is 46.0 Å².